The Kier molecular flexibility index (Phi) is 4.91. The molecule has 0 aliphatic carbocycles. The topological polar surface area (TPSA) is 46.2 Å². The summed E-state index contributed by atoms with van der Waals surface area (Å²) in [5.41, 5.74) is 1.48. The van der Waals surface area contributed by atoms with Gasteiger partial charge < -0.3 is 0 Å². The Balaban J connectivity index is 2.19. The van der Waals surface area contributed by atoms with E-state index < -0.39 is 10.0 Å². The number of anilines is 1. The van der Waals surface area contributed by atoms with Gasteiger partial charge in [0.2, 0.25) is 0 Å². The van der Waals surface area contributed by atoms with E-state index in [0.29, 0.717) is 23.0 Å². The lowest BCUT2D eigenvalue weighted by molar-refractivity contribution is 0.601. The Morgan fingerprint density at radius 1 is 0.950 bits per heavy atom. The summed E-state index contributed by atoms with van der Waals surface area (Å²) in [7, 11) is -3.58. The van der Waals surface area contributed by atoms with E-state index in [4.69, 9.17) is 23.2 Å². The van der Waals surface area contributed by atoms with Gasteiger partial charge in [-0.1, -0.05) is 23.7 Å². The molecule has 0 aliphatic heterocycles. The number of sulfonamides is 1. The van der Waals surface area contributed by atoms with Crippen LogP contribution in [-0.4, -0.2) is 14.3 Å². The van der Waals surface area contributed by atoms with Gasteiger partial charge in [0.1, 0.15) is 0 Å². The highest BCUT2D eigenvalue weighted by Gasteiger charge is 2.13. The van der Waals surface area contributed by atoms with Gasteiger partial charge in [0.15, 0.2) is 0 Å². The van der Waals surface area contributed by atoms with Crippen LogP contribution < -0.4 is 4.72 Å². The van der Waals surface area contributed by atoms with Gasteiger partial charge in [0, 0.05) is 16.6 Å². The molecule has 1 N–H and O–H groups in total. The van der Waals surface area contributed by atoms with Crippen molar-refractivity contribution >= 4 is 38.9 Å². The van der Waals surface area contributed by atoms with Gasteiger partial charge in [-0.05, 0) is 48.4 Å². The Morgan fingerprint density at radius 3 is 2.10 bits per heavy atom. The zero-order valence-electron chi connectivity index (χ0n) is 10.5. The average molecular weight is 330 g/mol. The molecule has 0 saturated heterocycles. The first-order valence-electron chi connectivity index (χ1n) is 5.94. The van der Waals surface area contributed by atoms with Crippen LogP contribution in [0.2, 0.25) is 5.02 Å². The third-order valence-electron chi connectivity index (χ3n) is 2.71. The lowest BCUT2D eigenvalue weighted by Gasteiger charge is -2.08. The van der Waals surface area contributed by atoms with E-state index in [-0.39, 0.29) is 4.90 Å². The standard InChI is InChI=1S/C14H13Cl2NO2S/c15-10-9-11-1-7-14(8-2-11)20(18,19)17-13-5-3-12(16)4-6-13/h1-8,17H,9-10H2. The number of alkyl halides is 1. The second-order valence-corrected chi connectivity index (χ2v) is 6.69. The molecule has 0 radical (unpaired) electrons. The molecule has 0 atom stereocenters. The first kappa shape index (κ1) is 15.2. The van der Waals surface area contributed by atoms with Crippen molar-refractivity contribution in [2.45, 2.75) is 11.3 Å². The lowest BCUT2D eigenvalue weighted by atomic mass is 10.2. The summed E-state index contributed by atoms with van der Waals surface area (Å²) >= 11 is 11.4. The molecule has 106 valence electrons. The number of hydrogen-bond donors (Lipinski definition) is 1. The number of halogens is 2. The van der Waals surface area contributed by atoms with E-state index in [0.717, 1.165) is 5.56 Å². The van der Waals surface area contributed by atoms with Crippen LogP contribution in [0.4, 0.5) is 5.69 Å². The maximum atomic E-state index is 12.2. The van der Waals surface area contributed by atoms with Gasteiger partial charge in [-0.15, -0.1) is 11.6 Å². The fourth-order valence-corrected chi connectivity index (χ4v) is 3.08. The van der Waals surface area contributed by atoms with Crippen LogP contribution in [-0.2, 0) is 16.4 Å². The predicted molar refractivity (Wildman–Crippen MR) is 83.1 cm³/mol. The van der Waals surface area contributed by atoms with Crippen molar-refractivity contribution in [3.8, 4) is 0 Å². The normalized spacial score (nSPS) is 11.3. The fraction of sp³-hybridized carbons (Fsp3) is 0.143. The molecule has 0 aliphatic rings. The zero-order chi connectivity index (χ0) is 14.6. The Bertz CT molecular complexity index is 667. The molecule has 0 unspecified atom stereocenters. The van der Waals surface area contributed by atoms with Gasteiger partial charge >= 0.3 is 0 Å². The average Bonchev–Trinajstić information content (AvgIpc) is 2.42. The van der Waals surface area contributed by atoms with E-state index >= 15 is 0 Å². The van der Waals surface area contributed by atoms with Crippen molar-refractivity contribution in [2.75, 3.05) is 10.6 Å². The van der Waals surface area contributed by atoms with Crippen LogP contribution in [0.3, 0.4) is 0 Å². The van der Waals surface area contributed by atoms with Crippen LogP contribution in [0.25, 0.3) is 0 Å². The maximum absolute atomic E-state index is 12.2. The van der Waals surface area contributed by atoms with E-state index in [2.05, 4.69) is 4.72 Å². The molecular weight excluding hydrogens is 317 g/mol. The summed E-state index contributed by atoms with van der Waals surface area (Å²) in [6.45, 7) is 0. The Labute approximate surface area is 128 Å². The maximum Gasteiger partial charge on any atom is 0.261 e. The van der Waals surface area contributed by atoms with Crippen LogP contribution in [0, 0.1) is 0 Å². The minimum absolute atomic E-state index is 0.214. The second-order valence-electron chi connectivity index (χ2n) is 4.20. The number of benzene rings is 2. The van der Waals surface area contributed by atoms with E-state index in [9.17, 15) is 8.42 Å². The molecule has 20 heavy (non-hydrogen) atoms. The van der Waals surface area contributed by atoms with Gasteiger partial charge in [-0.25, -0.2) is 8.42 Å². The van der Waals surface area contributed by atoms with Crippen molar-refractivity contribution in [2.24, 2.45) is 0 Å². The molecule has 2 aromatic rings. The highest BCUT2D eigenvalue weighted by Crippen LogP contribution is 2.19. The Morgan fingerprint density at radius 2 is 1.55 bits per heavy atom. The molecule has 0 fully saturated rings. The molecule has 0 spiro atoms. The summed E-state index contributed by atoms with van der Waals surface area (Å²) in [4.78, 5) is 0.214. The highest BCUT2D eigenvalue weighted by atomic mass is 35.5. The predicted octanol–water partition coefficient (Wildman–Crippen LogP) is 3.92. The molecule has 0 aromatic heterocycles. The van der Waals surface area contributed by atoms with Crippen molar-refractivity contribution in [3.05, 3.63) is 59.1 Å². The third-order valence-corrected chi connectivity index (χ3v) is 4.55. The number of rotatable bonds is 5. The minimum atomic E-state index is -3.58. The first-order valence-corrected chi connectivity index (χ1v) is 8.34. The summed E-state index contributed by atoms with van der Waals surface area (Å²) < 4.78 is 26.9. The number of nitrogens with one attached hydrogen (secondary N) is 1. The number of aryl methyl sites for hydroxylation is 1. The molecule has 2 aromatic carbocycles. The van der Waals surface area contributed by atoms with Crippen molar-refractivity contribution < 1.29 is 8.42 Å². The highest BCUT2D eigenvalue weighted by molar-refractivity contribution is 7.92. The third kappa shape index (κ3) is 3.88. The van der Waals surface area contributed by atoms with Gasteiger partial charge in [0.25, 0.3) is 10.0 Å². The van der Waals surface area contributed by atoms with Crippen LogP contribution in [0.15, 0.2) is 53.4 Å². The molecule has 0 saturated carbocycles. The zero-order valence-corrected chi connectivity index (χ0v) is 12.8. The molecule has 0 bridgehead atoms. The summed E-state index contributed by atoms with van der Waals surface area (Å²) in [5.74, 6) is 0.509. The van der Waals surface area contributed by atoms with Crippen molar-refractivity contribution in [3.63, 3.8) is 0 Å². The molecule has 2 rings (SSSR count). The summed E-state index contributed by atoms with van der Waals surface area (Å²) in [5, 5.41) is 0.554. The SMILES string of the molecule is O=S(=O)(Nc1ccc(Cl)cc1)c1ccc(CCCl)cc1. The minimum Gasteiger partial charge on any atom is -0.280 e. The van der Waals surface area contributed by atoms with Crippen molar-refractivity contribution in [1.82, 2.24) is 0 Å². The van der Waals surface area contributed by atoms with Crippen LogP contribution in [0.1, 0.15) is 5.56 Å². The summed E-state index contributed by atoms with van der Waals surface area (Å²) in [6.07, 6.45) is 0.715. The molecule has 0 heterocycles. The molecule has 6 heteroatoms. The van der Waals surface area contributed by atoms with Gasteiger partial charge in [-0.3, -0.25) is 4.72 Å². The fourth-order valence-electron chi connectivity index (χ4n) is 1.68. The molecule has 3 nitrogen and oxygen atoms in total. The second kappa shape index (κ2) is 6.48. The van der Waals surface area contributed by atoms with Gasteiger partial charge in [0.05, 0.1) is 4.90 Å². The van der Waals surface area contributed by atoms with Crippen LogP contribution in [0.5, 0.6) is 0 Å². The van der Waals surface area contributed by atoms with Crippen molar-refractivity contribution in [1.29, 1.82) is 0 Å². The molecule has 0 amide bonds. The van der Waals surface area contributed by atoms with E-state index in [1.54, 1.807) is 48.5 Å². The van der Waals surface area contributed by atoms with Gasteiger partial charge in [-0.2, -0.15) is 0 Å². The summed E-state index contributed by atoms with van der Waals surface area (Å²) in [6, 6.07) is 13.1. The van der Waals surface area contributed by atoms with E-state index in [1.165, 1.54) is 0 Å². The first-order chi connectivity index (χ1) is 9.51. The van der Waals surface area contributed by atoms with Crippen LogP contribution >= 0.6 is 23.2 Å². The largest absolute Gasteiger partial charge is 0.280 e. The number of hydrogen-bond acceptors (Lipinski definition) is 2. The lowest BCUT2D eigenvalue weighted by Crippen LogP contribution is -2.12. The monoisotopic (exact) mass is 329 g/mol. The quantitative estimate of drug-likeness (QED) is 0.845. The van der Waals surface area contributed by atoms with E-state index in [1.807, 2.05) is 0 Å². The smallest absolute Gasteiger partial charge is 0.261 e. The Hall–Kier alpha value is -1.23. The molecular formula is C14H13Cl2NO2S.